The molecule has 0 bridgehead atoms. The molecule has 1 aromatic heterocycles. The number of hydrogen-bond acceptors (Lipinski definition) is 4. The summed E-state index contributed by atoms with van der Waals surface area (Å²) >= 11 is 6.26. The van der Waals surface area contributed by atoms with E-state index in [1.54, 1.807) is 0 Å². The van der Waals surface area contributed by atoms with Crippen LogP contribution in [0.4, 0.5) is 0 Å². The Bertz CT molecular complexity index is 709. The fraction of sp³-hybridized carbons (Fsp3) is 0.312. The third kappa shape index (κ3) is 2.96. The molecule has 0 aliphatic carbocycles. The van der Waals surface area contributed by atoms with E-state index in [1.807, 2.05) is 62.0 Å². The molecular formula is C16H18ClN3O2. The standard InChI is InChI=1S/C16H18ClN3O2/c1-10(2)21-14-7-6-11(9-12(14)17)15-18-16(22-19-15)13-5-4-8-20(13)3/h4-10,16H,1-3H3,(H,18,19). The molecule has 0 saturated carbocycles. The minimum absolute atomic E-state index is 0.0790. The molecule has 22 heavy (non-hydrogen) atoms. The second kappa shape index (κ2) is 6.02. The number of nitrogens with zero attached hydrogens (tertiary/aromatic N) is 2. The zero-order chi connectivity index (χ0) is 15.7. The summed E-state index contributed by atoms with van der Waals surface area (Å²) in [5.74, 6) is 1.32. The number of benzene rings is 1. The van der Waals surface area contributed by atoms with Gasteiger partial charge in [0, 0.05) is 18.8 Å². The molecule has 5 nitrogen and oxygen atoms in total. The van der Waals surface area contributed by atoms with Gasteiger partial charge in [-0.25, -0.2) is 15.3 Å². The Morgan fingerprint density at radius 2 is 2.18 bits per heavy atom. The lowest BCUT2D eigenvalue weighted by molar-refractivity contribution is 0.0334. The van der Waals surface area contributed by atoms with Crippen LogP contribution in [0.2, 0.25) is 5.02 Å². The zero-order valence-electron chi connectivity index (χ0n) is 12.7. The summed E-state index contributed by atoms with van der Waals surface area (Å²) in [6, 6.07) is 9.51. The number of aromatic nitrogens is 1. The summed E-state index contributed by atoms with van der Waals surface area (Å²) < 4.78 is 7.61. The number of rotatable bonds is 4. The van der Waals surface area contributed by atoms with Crippen LogP contribution in [0.25, 0.3) is 0 Å². The van der Waals surface area contributed by atoms with Crippen LogP contribution in [-0.4, -0.2) is 16.5 Å². The molecule has 2 heterocycles. The Morgan fingerprint density at radius 3 is 2.82 bits per heavy atom. The summed E-state index contributed by atoms with van der Waals surface area (Å²) in [6.45, 7) is 3.93. The van der Waals surface area contributed by atoms with Gasteiger partial charge in [0.2, 0.25) is 6.23 Å². The molecular weight excluding hydrogens is 302 g/mol. The fourth-order valence-corrected chi connectivity index (χ4v) is 2.50. The van der Waals surface area contributed by atoms with E-state index in [2.05, 4.69) is 10.5 Å². The molecule has 1 N–H and O–H groups in total. The minimum Gasteiger partial charge on any atom is -0.489 e. The first-order chi connectivity index (χ1) is 10.5. The molecule has 0 saturated heterocycles. The first kappa shape index (κ1) is 14.9. The summed E-state index contributed by atoms with van der Waals surface area (Å²) in [4.78, 5) is 10.1. The van der Waals surface area contributed by atoms with Gasteiger partial charge in [0.1, 0.15) is 5.75 Å². The molecule has 1 aromatic carbocycles. The number of nitrogens with one attached hydrogen (secondary N) is 1. The minimum atomic E-state index is -0.361. The number of aryl methyl sites for hydroxylation is 1. The smallest absolute Gasteiger partial charge is 0.217 e. The van der Waals surface area contributed by atoms with Crippen LogP contribution in [0.1, 0.15) is 31.3 Å². The van der Waals surface area contributed by atoms with E-state index >= 15 is 0 Å². The van der Waals surface area contributed by atoms with Gasteiger partial charge in [0.25, 0.3) is 0 Å². The van der Waals surface area contributed by atoms with Crippen LogP contribution in [0, 0.1) is 0 Å². The third-order valence-electron chi connectivity index (χ3n) is 3.32. The summed E-state index contributed by atoms with van der Waals surface area (Å²) in [5, 5.41) is 0.554. The van der Waals surface area contributed by atoms with Crippen LogP contribution in [0.5, 0.6) is 5.75 Å². The first-order valence-corrected chi connectivity index (χ1v) is 7.49. The Kier molecular flexibility index (Phi) is 4.09. The van der Waals surface area contributed by atoms with Gasteiger partial charge in [-0.15, -0.1) is 0 Å². The predicted octanol–water partition coefficient (Wildman–Crippen LogP) is 3.45. The molecule has 0 amide bonds. The van der Waals surface area contributed by atoms with E-state index in [0.717, 1.165) is 11.3 Å². The molecule has 3 rings (SSSR count). The highest BCUT2D eigenvalue weighted by Gasteiger charge is 2.23. The number of aliphatic imine (C=N–C) groups is 1. The molecule has 1 aliphatic rings. The molecule has 0 fully saturated rings. The van der Waals surface area contributed by atoms with Crippen LogP contribution in [0.3, 0.4) is 0 Å². The molecule has 116 valence electrons. The van der Waals surface area contributed by atoms with E-state index in [0.29, 0.717) is 16.6 Å². The Balaban J connectivity index is 1.83. The van der Waals surface area contributed by atoms with Gasteiger partial charge in [-0.2, -0.15) is 0 Å². The predicted molar refractivity (Wildman–Crippen MR) is 86.1 cm³/mol. The maximum Gasteiger partial charge on any atom is 0.217 e. The van der Waals surface area contributed by atoms with Gasteiger partial charge in [-0.05, 0) is 44.2 Å². The maximum absolute atomic E-state index is 6.26. The average molecular weight is 320 g/mol. The highest BCUT2D eigenvalue weighted by Crippen LogP contribution is 2.28. The van der Waals surface area contributed by atoms with Gasteiger partial charge in [0.15, 0.2) is 5.84 Å². The van der Waals surface area contributed by atoms with Crippen LogP contribution in [0.15, 0.2) is 41.5 Å². The quantitative estimate of drug-likeness (QED) is 0.939. The van der Waals surface area contributed by atoms with Crippen molar-refractivity contribution in [1.82, 2.24) is 10.0 Å². The molecule has 1 unspecified atom stereocenters. The second-order valence-electron chi connectivity index (χ2n) is 5.41. The Morgan fingerprint density at radius 1 is 1.36 bits per heavy atom. The van der Waals surface area contributed by atoms with Gasteiger partial charge in [-0.1, -0.05) is 11.6 Å². The highest BCUT2D eigenvalue weighted by atomic mass is 35.5. The largest absolute Gasteiger partial charge is 0.489 e. The van der Waals surface area contributed by atoms with Crippen LogP contribution in [-0.2, 0) is 11.9 Å². The molecule has 1 atom stereocenters. The SMILES string of the molecule is CC(C)Oc1ccc(C2=NC(c3cccn3C)ON2)cc1Cl. The van der Waals surface area contributed by atoms with Crippen molar-refractivity contribution < 1.29 is 9.57 Å². The highest BCUT2D eigenvalue weighted by molar-refractivity contribution is 6.32. The van der Waals surface area contributed by atoms with E-state index in [1.165, 1.54) is 0 Å². The van der Waals surface area contributed by atoms with Crippen molar-refractivity contribution in [1.29, 1.82) is 0 Å². The first-order valence-electron chi connectivity index (χ1n) is 7.12. The van der Waals surface area contributed by atoms with Crippen LogP contribution < -0.4 is 10.2 Å². The Hall–Kier alpha value is -1.98. The summed E-state index contributed by atoms with van der Waals surface area (Å²) in [7, 11) is 1.96. The van der Waals surface area contributed by atoms with Crippen molar-refractivity contribution >= 4 is 17.4 Å². The lowest BCUT2D eigenvalue weighted by atomic mass is 10.2. The van der Waals surface area contributed by atoms with Crippen LogP contribution >= 0.6 is 11.6 Å². The number of halogens is 1. The number of hydrogen-bond donors (Lipinski definition) is 1. The number of hydroxylamine groups is 1. The van der Waals surface area contributed by atoms with E-state index < -0.39 is 0 Å². The van der Waals surface area contributed by atoms with Crippen molar-refractivity contribution in [2.24, 2.45) is 12.0 Å². The monoisotopic (exact) mass is 319 g/mol. The van der Waals surface area contributed by atoms with Crippen molar-refractivity contribution in [3.05, 3.63) is 52.8 Å². The fourth-order valence-electron chi connectivity index (χ4n) is 2.27. The topological polar surface area (TPSA) is 47.8 Å². The van der Waals surface area contributed by atoms with Crippen molar-refractivity contribution in [2.45, 2.75) is 26.2 Å². The van der Waals surface area contributed by atoms with Crippen molar-refractivity contribution in [2.75, 3.05) is 0 Å². The lowest BCUT2D eigenvalue weighted by Gasteiger charge is -2.12. The third-order valence-corrected chi connectivity index (χ3v) is 3.61. The maximum atomic E-state index is 6.26. The van der Waals surface area contributed by atoms with Crippen molar-refractivity contribution in [3.8, 4) is 5.75 Å². The lowest BCUT2D eigenvalue weighted by Crippen LogP contribution is -2.18. The summed E-state index contributed by atoms with van der Waals surface area (Å²) in [5.41, 5.74) is 4.70. The molecule has 1 aliphatic heterocycles. The second-order valence-corrected chi connectivity index (χ2v) is 5.81. The molecule has 2 aromatic rings. The van der Waals surface area contributed by atoms with Gasteiger partial charge >= 0.3 is 0 Å². The molecule has 0 spiro atoms. The zero-order valence-corrected chi connectivity index (χ0v) is 13.5. The Labute approximate surface area is 134 Å². The number of amidine groups is 1. The molecule has 0 radical (unpaired) electrons. The van der Waals surface area contributed by atoms with E-state index in [9.17, 15) is 0 Å². The van der Waals surface area contributed by atoms with E-state index in [-0.39, 0.29) is 12.3 Å². The van der Waals surface area contributed by atoms with Crippen molar-refractivity contribution in [3.63, 3.8) is 0 Å². The van der Waals surface area contributed by atoms with Gasteiger partial charge in [-0.3, -0.25) is 0 Å². The summed E-state index contributed by atoms with van der Waals surface area (Å²) in [6.07, 6.45) is 1.68. The van der Waals surface area contributed by atoms with E-state index in [4.69, 9.17) is 21.2 Å². The normalized spacial score (nSPS) is 17.5. The van der Waals surface area contributed by atoms with Gasteiger partial charge < -0.3 is 9.30 Å². The average Bonchev–Trinajstić information content (AvgIpc) is 3.09. The molecule has 6 heteroatoms. The van der Waals surface area contributed by atoms with Gasteiger partial charge in [0.05, 0.1) is 16.8 Å². The number of ether oxygens (including phenoxy) is 1.